The highest BCUT2D eigenvalue weighted by Gasteiger charge is 2.27. The van der Waals surface area contributed by atoms with E-state index in [4.69, 9.17) is 4.74 Å². The van der Waals surface area contributed by atoms with Gasteiger partial charge >= 0.3 is 0 Å². The third-order valence-electron chi connectivity index (χ3n) is 4.44. The van der Waals surface area contributed by atoms with Crippen molar-refractivity contribution >= 4 is 0 Å². The standard InChI is InChI=1S/C14H28N2O/c1-3-8-15-9-11-16(12-10-15)13-4-6-14(17-2)7-5-13/h13-14H,3-12H2,1-2H3. The first-order chi connectivity index (χ1) is 8.33. The maximum absolute atomic E-state index is 5.45. The zero-order valence-electron chi connectivity index (χ0n) is 11.5. The van der Waals surface area contributed by atoms with Gasteiger partial charge in [0.05, 0.1) is 6.10 Å². The minimum absolute atomic E-state index is 0.535. The first kappa shape index (κ1) is 13.3. The SMILES string of the molecule is CCCN1CCN(C2CCC(OC)CC2)CC1. The Kier molecular flexibility index (Phi) is 5.26. The largest absolute Gasteiger partial charge is 0.381 e. The molecule has 2 aliphatic rings. The first-order valence-corrected chi connectivity index (χ1v) is 7.32. The number of methoxy groups -OCH3 is 1. The van der Waals surface area contributed by atoms with Crippen molar-refractivity contribution in [2.75, 3.05) is 39.8 Å². The van der Waals surface area contributed by atoms with Crippen LogP contribution in [0.15, 0.2) is 0 Å². The van der Waals surface area contributed by atoms with E-state index in [9.17, 15) is 0 Å². The van der Waals surface area contributed by atoms with Crippen molar-refractivity contribution in [1.29, 1.82) is 0 Å². The van der Waals surface area contributed by atoms with Gasteiger partial charge in [0.25, 0.3) is 0 Å². The Bertz CT molecular complexity index is 206. The van der Waals surface area contributed by atoms with Crippen molar-refractivity contribution in [3.8, 4) is 0 Å². The second kappa shape index (κ2) is 6.72. The van der Waals surface area contributed by atoms with Gasteiger partial charge in [-0.2, -0.15) is 0 Å². The molecule has 1 heterocycles. The Morgan fingerprint density at radius 1 is 1.00 bits per heavy atom. The van der Waals surface area contributed by atoms with Crippen LogP contribution in [0.5, 0.6) is 0 Å². The molecule has 1 aliphatic heterocycles. The molecule has 17 heavy (non-hydrogen) atoms. The van der Waals surface area contributed by atoms with Gasteiger partial charge in [0.15, 0.2) is 0 Å². The zero-order chi connectivity index (χ0) is 12.1. The number of hydrogen-bond donors (Lipinski definition) is 0. The Hall–Kier alpha value is -0.120. The highest BCUT2D eigenvalue weighted by atomic mass is 16.5. The van der Waals surface area contributed by atoms with Gasteiger partial charge in [-0.3, -0.25) is 4.90 Å². The van der Waals surface area contributed by atoms with Gasteiger partial charge in [0.1, 0.15) is 0 Å². The third-order valence-corrected chi connectivity index (χ3v) is 4.44. The molecule has 3 heteroatoms. The molecule has 0 bridgehead atoms. The van der Waals surface area contributed by atoms with E-state index in [-0.39, 0.29) is 0 Å². The molecular weight excluding hydrogens is 212 g/mol. The monoisotopic (exact) mass is 240 g/mol. The smallest absolute Gasteiger partial charge is 0.0572 e. The molecule has 0 amide bonds. The predicted molar refractivity (Wildman–Crippen MR) is 71.4 cm³/mol. The first-order valence-electron chi connectivity index (χ1n) is 7.32. The Labute approximate surface area is 106 Å². The number of hydrogen-bond acceptors (Lipinski definition) is 3. The zero-order valence-corrected chi connectivity index (χ0v) is 11.5. The van der Waals surface area contributed by atoms with Crippen molar-refractivity contribution in [2.45, 2.75) is 51.2 Å². The van der Waals surface area contributed by atoms with Gasteiger partial charge in [0.2, 0.25) is 0 Å². The van der Waals surface area contributed by atoms with Gasteiger partial charge < -0.3 is 9.64 Å². The van der Waals surface area contributed by atoms with Gasteiger partial charge in [-0.15, -0.1) is 0 Å². The highest BCUT2D eigenvalue weighted by molar-refractivity contribution is 4.83. The summed E-state index contributed by atoms with van der Waals surface area (Å²) in [4.78, 5) is 5.33. The molecule has 0 aromatic heterocycles. The third kappa shape index (κ3) is 3.67. The quantitative estimate of drug-likeness (QED) is 0.747. The lowest BCUT2D eigenvalue weighted by molar-refractivity contribution is 0.0228. The van der Waals surface area contributed by atoms with Gasteiger partial charge in [-0.05, 0) is 38.6 Å². The molecule has 0 N–H and O–H groups in total. The average Bonchev–Trinajstić information content (AvgIpc) is 2.40. The minimum atomic E-state index is 0.535. The van der Waals surface area contributed by atoms with Crippen molar-refractivity contribution in [1.82, 2.24) is 9.80 Å². The summed E-state index contributed by atoms with van der Waals surface area (Å²) < 4.78 is 5.45. The van der Waals surface area contributed by atoms with Crippen LogP contribution in [0.25, 0.3) is 0 Å². The summed E-state index contributed by atoms with van der Waals surface area (Å²) >= 11 is 0. The van der Waals surface area contributed by atoms with Crippen LogP contribution in [0.4, 0.5) is 0 Å². The fourth-order valence-corrected chi connectivity index (χ4v) is 3.31. The molecule has 0 radical (unpaired) electrons. The van der Waals surface area contributed by atoms with E-state index in [1.807, 2.05) is 7.11 Å². The molecule has 2 rings (SSSR count). The number of rotatable bonds is 4. The second-order valence-electron chi connectivity index (χ2n) is 5.54. The summed E-state index contributed by atoms with van der Waals surface area (Å²) in [7, 11) is 1.86. The lowest BCUT2D eigenvalue weighted by Gasteiger charge is -2.41. The van der Waals surface area contributed by atoms with E-state index < -0.39 is 0 Å². The molecular formula is C14H28N2O. The van der Waals surface area contributed by atoms with Crippen LogP contribution in [0.3, 0.4) is 0 Å². The summed E-state index contributed by atoms with van der Waals surface area (Å²) in [5.74, 6) is 0. The minimum Gasteiger partial charge on any atom is -0.381 e. The van der Waals surface area contributed by atoms with Crippen LogP contribution in [0.2, 0.25) is 0 Å². The fraction of sp³-hybridized carbons (Fsp3) is 1.00. The lowest BCUT2D eigenvalue weighted by Crippen LogP contribution is -2.51. The topological polar surface area (TPSA) is 15.7 Å². The van der Waals surface area contributed by atoms with Gasteiger partial charge in [-0.1, -0.05) is 6.92 Å². The maximum atomic E-state index is 5.45. The average molecular weight is 240 g/mol. The van der Waals surface area contributed by atoms with Crippen LogP contribution < -0.4 is 0 Å². The molecule has 0 atom stereocenters. The summed E-state index contributed by atoms with van der Waals surface area (Å²) in [6, 6.07) is 0.838. The van der Waals surface area contributed by atoms with Crippen LogP contribution in [-0.4, -0.2) is 61.8 Å². The highest BCUT2D eigenvalue weighted by Crippen LogP contribution is 2.25. The van der Waals surface area contributed by atoms with Crippen LogP contribution >= 0.6 is 0 Å². The molecule has 1 saturated heterocycles. The van der Waals surface area contributed by atoms with Crippen LogP contribution in [0.1, 0.15) is 39.0 Å². The number of piperazine rings is 1. The Balaban J connectivity index is 1.70. The molecule has 0 aromatic carbocycles. The van der Waals surface area contributed by atoms with E-state index in [1.54, 1.807) is 0 Å². The van der Waals surface area contributed by atoms with Crippen molar-refractivity contribution in [3.05, 3.63) is 0 Å². The molecule has 2 fully saturated rings. The molecule has 3 nitrogen and oxygen atoms in total. The van der Waals surface area contributed by atoms with Crippen molar-refractivity contribution < 1.29 is 4.74 Å². The predicted octanol–water partition coefficient (Wildman–Crippen LogP) is 1.97. The summed E-state index contributed by atoms with van der Waals surface area (Å²) in [5, 5.41) is 0. The van der Waals surface area contributed by atoms with E-state index >= 15 is 0 Å². The Morgan fingerprint density at radius 2 is 1.65 bits per heavy atom. The van der Waals surface area contributed by atoms with Crippen molar-refractivity contribution in [2.24, 2.45) is 0 Å². The van der Waals surface area contributed by atoms with E-state index in [1.165, 1.54) is 64.8 Å². The molecule has 1 aliphatic carbocycles. The van der Waals surface area contributed by atoms with Gasteiger partial charge in [-0.25, -0.2) is 0 Å². The van der Waals surface area contributed by atoms with Crippen LogP contribution in [-0.2, 0) is 4.74 Å². The van der Waals surface area contributed by atoms with E-state index in [0.717, 1.165) is 6.04 Å². The molecule has 0 spiro atoms. The molecule has 1 saturated carbocycles. The van der Waals surface area contributed by atoms with Gasteiger partial charge in [0, 0.05) is 39.3 Å². The normalized spacial score (nSPS) is 32.8. The van der Waals surface area contributed by atoms with E-state index in [0.29, 0.717) is 6.10 Å². The molecule has 100 valence electrons. The lowest BCUT2D eigenvalue weighted by atomic mass is 9.91. The van der Waals surface area contributed by atoms with E-state index in [2.05, 4.69) is 16.7 Å². The number of ether oxygens (including phenoxy) is 1. The van der Waals surface area contributed by atoms with Crippen LogP contribution in [0, 0.1) is 0 Å². The molecule has 0 unspecified atom stereocenters. The summed E-state index contributed by atoms with van der Waals surface area (Å²) in [6.45, 7) is 8.67. The summed E-state index contributed by atoms with van der Waals surface area (Å²) in [5.41, 5.74) is 0. The second-order valence-corrected chi connectivity index (χ2v) is 5.54. The maximum Gasteiger partial charge on any atom is 0.0572 e. The summed E-state index contributed by atoms with van der Waals surface area (Å²) in [6.07, 6.45) is 7.03. The number of nitrogens with zero attached hydrogens (tertiary/aromatic N) is 2. The van der Waals surface area contributed by atoms with Crippen molar-refractivity contribution in [3.63, 3.8) is 0 Å². The fourth-order valence-electron chi connectivity index (χ4n) is 3.31. The Morgan fingerprint density at radius 3 is 2.18 bits per heavy atom. The molecule has 0 aromatic rings.